The van der Waals surface area contributed by atoms with E-state index in [0.717, 1.165) is 29.1 Å². The van der Waals surface area contributed by atoms with Crippen LogP contribution in [0.15, 0.2) is 42.6 Å². The van der Waals surface area contributed by atoms with E-state index in [0.29, 0.717) is 18.4 Å². The highest BCUT2D eigenvalue weighted by Gasteiger charge is 2.13. The van der Waals surface area contributed by atoms with E-state index in [1.165, 1.54) is 0 Å². The van der Waals surface area contributed by atoms with Gasteiger partial charge in [0.2, 0.25) is 0 Å². The summed E-state index contributed by atoms with van der Waals surface area (Å²) in [6.45, 7) is 6.80. The summed E-state index contributed by atoms with van der Waals surface area (Å²) in [6, 6.07) is 11.7. The molecular weight excluding hydrogens is 274 g/mol. The highest BCUT2D eigenvalue weighted by Crippen LogP contribution is 2.21. The summed E-state index contributed by atoms with van der Waals surface area (Å²) in [6.07, 6.45) is 2.75. The van der Waals surface area contributed by atoms with Crippen LogP contribution in [-0.2, 0) is 0 Å². The topological polar surface area (TPSA) is 58.0 Å². The number of benzene rings is 1. The maximum Gasteiger partial charge on any atom is 0.135 e. The Hall–Kier alpha value is -2.36. The first-order valence-electron chi connectivity index (χ1n) is 7.69. The van der Waals surface area contributed by atoms with Crippen LogP contribution in [0.1, 0.15) is 38.3 Å². The Morgan fingerprint density at radius 1 is 1.27 bits per heavy atom. The van der Waals surface area contributed by atoms with Gasteiger partial charge >= 0.3 is 0 Å². The maximum atomic E-state index is 8.51. The van der Waals surface area contributed by atoms with Gasteiger partial charge in [0.25, 0.3) is 0 Å². The first-order valence-corrected chi connectivity index (χ1v) is 7.69. The molecule has 2 N–H and O–H groups in total. The second kappa shape index (κ2) is 7.59. The molecule has 2 aromatic rings. The van der Waals surface area contributed by atoms with Crippen molar-refractivity contribution in [3.05, 3.63) is 53.7 Å². The molecule has 0 radical (unpaired) electrons. The summed E-state index contributed by atoms with van der Waals surface area (Å²) < 4.78 is 5.52. The zero-order chi connectivity index (χ0) is 15.9. The molecule has 0 fully saturated rings. The van der Waals surface area contributed by atoms with Crippen molar-refractivity contribution in [2.45, 2.75) is 33.2 Å². The van der Waals surface area contributed by atoms with E-state index in [2.05, 4.69) is 24.1 Å². The number of ether oxygens (including phenoxy) is 1. The highest BCUT2D eigenvalue weighted by atomic mass is 16.5. The summed E-state index contributed by atoms with van der Waals surface area (Å²) in [4.78, 5) is 4.39. The minimum Gasteiger partial charge on any atom is -0.494 e. The van der Waals surface area contributed by atoms with Gasteiger partial charge in [-0.25, -0.2) is 4.98 Å². The molecule has 2 rings (SSSR count). The largest absolute Gasteiger partial charge is 0.494 e. The highest BCUT2D eigenvalue weighted by molar-refractivity contribution is 6.13. The fourth-order valence-electron chi connectivity index (χ4n) is 2.12. The third-order valence-corrected chi connectivity index (χ3v) is 3.51. The van der Waals surface area contributed by atoms with Crippen LogP contribution in [0.3, 0.4) is 0 Å². The van der Waals surface area contributed by atoms with Crippen LogP contribution < -0.4 is 10.1 Å². The van der Waals surface area contributed by atoms with Crippen LogP contribution in [0.4, 0.5) is 5.82 Å². The van der Waals surface area contributed by atoms with Crippen molar-refractivity contribution in [3.8, 4) is 5.75 Å². The Morgan fingerprint density at radius 3 is 2.82 bits per heavy atom. The Labute approximate surface area is 132 Å². The number of pyridine rings is 1. The number of nitrogens with one attached hydrogen (secondary N) is 2. The van der Waals surface area contributed by atoms with Gasteiger partial charge in [0.05, 0.1) is 12.3 Å². The van der Waals surface area contributed by atoms with E-state index >= 15 is 0 Å². The predicted molar refractivity (Wildman–Crippen MR) is 91.2 cm³/mol. The van der Waals surface area contributed by atoms with E-state index < -0.39 is 0 Å². The van der Waals surface area contributed by atoms with Gasteiger partial charge in [-0.05, 0) is 44.5 Å². The maximum absolute atomic E-state index is 8.51. The average Bonchev–Trinajstić information content (AvgIpc) is 2.55. The predicted octanol–water partition coefficient (Wildman–Crippen LogP) is 4.11. The van der Waals surface area contributed by atoms with Crippen molar-refractivity contribution in [2.75, 3.05) is 11.9 Å². The summed E-state index contributed by atoms with van der Waals surface area (Å²) in [7, 11) is 0. The third kappa shape index (κ3) is 3.85. The Morgan fingerprint density at radius 2 is 2.09 bits per heavy atom. The molecule has 1 unspecified atom stereocenters. The lowest BCUT2D eigenvalue weighted by Crippen LogP contribution is -2.17. The number of nitrogens with zero attached hydrogens (tertiary/aromatic N) is 1. The molecule has 1 aromatic carbocycles. The monoisotopic (exact) mass is 297 g/mol. The van der Waals surface area contributed by atoms with Gasteiger partial charge in [-0.1, -0.05) is 19.1 Å². The average molecular weight is 297 g/mol. The smallest absolute Gasteiger partial charge is 0.135 e. The molecule has 0 saturated heterocycles. The summed E-state index contributed by atoms with van der Waals surface area (Å²) >= 11 is 0. The van der Waals surface area contributed by atoms with E-state index in [1.807, 2.05) is 43.3 Å². The molecule has 0 saturated carbocycles. The van der Waals surface area contributed by atoms with E-state index in [1.54, 1.807) is 6.20 Å². The summed E-state index contributed by atoms with van der Waals surface area (Å²) in [5, 5.41) is 11.9. The van der Waals surface area contributed by atoms with Crippen LogP contribution >= 0.6 is 0 Å². The molecule has 1 aromatic heterocycles. The van der Waals surface area contributed by atoms with Crippen molar-refractivity contribution >= 4 is 11.5 Å². The zero-order valence-electron chi connectivity index (χ0n) is 13.4. The summed E-state index contributed by atoms with van der Waals surface area (Å²) in [5.74, 6) is 1.54. The quantitative estimate of drug-likeness (QED) is 0.756. The molecule has 0 aliphatic carbocycles. The number of hydrogen-bond donors (Lipinski definition) is 2. The third-order valence-electron chi connectivity index (χ3n) is 3.51. The molecule has 4 heteroatoms. The molecule has 4 nitrogen and oxygen atoms in total. The number of anilines is 1. The standard InChI is InChI=1S/C18H23N3O/c1-4-13(3)21-18-16(10-7-11-20-18)17(19)14-8-6-9-15(12-14)22-5-2/h6-13,19H,4-5H2,1-3H3,(H,20,21). The van der Waals surface area contributed by atoms with E-state index in [4.69, 9.17) is 10.1 Å². The lowest BCUT2D eigenvalue weighted by atomic mass is 10.0. The molecule has 116 valence electrons. The molecule has 0 aliphatic heterocycles. The second-order valence-electron chi connectivity index (χ2n) is 5.19. The SMILES string of the molecule is CCOc1cccc(C(=N)c2cccnc2NC(C)CC)c1. The second-order valence-corrected chi connectivity index (χ2v) is 5.19. The molecule has 1 heterocycles. The van der Waals surface area contributed by atoms with Crippen molar-refractivity contribution < 1.29 is 4.74 Å². The van der Waals surface area contributed by atoms with Crippen LogP contribution in [0.5, 0.6) is 5.75 Å². The number of hydrogen-bond acceptors (Lipinski definition) is 4. The molecule has 1 atom stereocenters. The van der Waals surface area contributed by atoms with Crippen molar-refractivity contribution in [1.29, 1.82) is 5.41 Å². The van der Waals surface area contributed by atoms with Gasteiger partial charge in [0.1, 0.15) is 11.6 Å². The van der Waals surface area contributed by atoms with Crippen LogP contribution in [0.25, 0.3) is 0 Å². The fourth-order valence-corrected chi connectivity index (χ4v) is 2.12. The number of aromatic nitrogens is 1. The first-order chi connectivity index (χ1) is 10.7. The van der Waals surface area contributed by atoms with E-state index in [-0.39, 0.29) is 0 Å². The van der Waals surface area contributed by atoms with Crippen molar-refractivity contribution in [3.63, 3.8) is 0 Å². The van der Waals surface area contributed by atoms with Crippen molar-refractivity contribution in [2.24, 2.45) is 0 Å². The molecule has 22 heavy (non-hydrogen) atoms. The Bertz CT molecular complexity index is 640. The molecule has 0 bridgehead atoms. The zero-order valence-corrected chi connectivity index (χ0v) is 13.4. The van der Waals surface area contributed by atoms with Gasteiger partial charge in [-0.3, -0.25) is 5.41 Å². The molecule has 0 aliphatic rings. The Balaban J connectivity index is 2.31. The van der Waals surface area contributed by atoms with Gasteiger partial charge in [-0.2, -0.15) is 0 Å². The molecule has 0 amide bonds. The van der Waals surface area contributed by atoms with Gasteiger partial charge in [-0.15, -0.1) is 0 Å². The van der Waals surface area contributed by atoms with Crippen LogP contribution in [0, 0.1) is 5.41 Å². The van der Waals surface area contributed by atoms with Gasteiger partial charge in [0.15, 0.2) is 0 Å². The summed E-state index contributed by atoms with van der Waals surface area (Å²) in [5.41, 5.74) is 2.07. The van der Waals surface area contributed by atoms with Crippen LogP contribution in [-0.4, -0.2) is 23.3 Å². The molecule has 0 spiro atoms. The minimum absolute atomic E-state index is 0.316. The Kier molecular flexibility index (Phi) is 5.53. The lowest BCUT2D eigenvalue weighted by molar-refractivity contribution is 0.340. The van der Waals surface area contributed by atoms with Crippen molar-refractivity contribution in [1.82, 2.24) is 4.98 Å². The fraction of sp³-hybridized carbons (Fsp3) is 0.333. The number of rotatable bonds is 7. The van der Waals surface area contributed by atoms with E-state index in [9.17, 15) is 0 Å². The normalized spacial score (nSPS) is 11.8. The lowest BCUT2D eigenvalue weighted by Gasteiger charge is -2.16. The molecular formula is C18H23N3O. The van der Waals surface area contributed by atoms with Gasteiger partial charge < -0.3 is 10.1 Å². The minimum atomic E-state index is 0.316. The first kappa shape index (κ1) is 16.0. The van der Waals surface area contributed by atoms with Crippen LogP contribution in [0.2, 0.25) is 0 Å². The van der Waals surface area contributed by atoms with Gasteiger partial charge in [0, 0.05) is 23.4 Å².